The fraction of sp³-hybridized carbons (Fsp3) is 0.0417. The van der Waals surface area contributed by atoms with Crippen molar-refractivity contribution in [3.8, 4) is 11.1 Å². The summed E-state index contributed by atoms with van der Waals surface area (Å²) in [4.78, 5) is 31.5. The van der Waals surface area contributed by atoms with Gasteiger partial charge in [0.05, 0.1) is 22.4 Å². The van der Waals surface area contributed by atoms with E-state index in [2.05, 4.69) is 20.0 Å². The second-order valence-corrected chi connectivity index (χ2v) is 9.26. The summed E-state index contributed by atoms with van der Waals surface area (Å²) >= 11 is 0. The molecule has 9 nitrogen and oxygen atoms in total. The molecule has 3 N–H and O–H groups in total. The first-order valence-corrected chi connectivity index (χ1v) is 11.7. The Morgan fingerprint density at radius 2 is 1.85 bits per heavy atom. The summed E-state index contributed by atoms with van der Waals surface area (Å²) in [7, 11) is -3.90. The first kappa shape index (κ1) is 21.4. The molecule has 2 aliphatic rings. The van der Waals surface area contributed by atoms with Crippen LogP contribution in [0, 0.1) is 0 Å². The van der Waals surface area contributed by atoms with Crippen LogP contribution >= 0.6 is 0 Å². The highest BCUT2D eigenvalue weighted by Gasteiger charge is 2.19. The molecule has 1 aliphatic carbocycles. The molecule has 10 heteroatoms. The van der Waals surface area contributed by atoms with Gasteiger partial charge in [-0.25, -0.2) is 8.42 Å². The minimum Gasteiger partial charge on any atom is -0.472 e. The fourth-order valence-corrected chi connectivity index (χ4v) is 4.66. The molecule has 2 aromatic heterocycles. The maximum absolute atomic E-state index is 12.9. The van der Waals surface area contributed by atoms with E-state index in [-0.39, 0.29) is 34.0 Å². The van der Waals surface area contributed by atoms with Gasteiger partial charge in [0, 0.05) is 35.4 Å². The van der Waals surface area contributed by atoms with Gasteiger partial charge in [0.1, 0.15) is 12.0 Å². The number of fused-ring (bicyclic) bond motifs is 2. The molecule has 170 valence electrons. The Bertz CT molecular complexity index is 1610. The standard InChI is InChI=1S/C24H18N4O5S/c29-23-6-5-21(18-8-10-33-14-19(18)23)28-34(31,32)17-3-1-15(2-4-17)12-26-24(30)22-11-16-13-25-9-7-20(16)27-22/h1-11,13-14,27-28H,12H2,(H,26,30). The monoisotopic (exact) mass is 474 g/mol. The minimum atomic E-state index is -3.90. The largest absolute Gasteiger partial charge is 0.472 e. The Kier molecular flexibility index (Phi) is 5.34. The van der Waals surface area contributed by atoms with Crippen molar-refractivity contribution in [1.82, 2.24) is 15.3 Å². The van der Waals surface area contributed by atoms with Crippen molar-refractivity contribution < 1.29 is 17.6 Å². The van der Waals surface area contributed by atoms with Gasteiger partial charge in [0.25, 0.3) is 15.9 Å². The molecule has 1 aromatic carbocycles. The lowest BCUT2D eigenvalue weighted by Crippen LogP contribution is -2.23. The van der Waals surface area contributed by atoms with Gasteiger partial charge in [0.15, 0.2) is 5.43 Å². The van der Waals surface area contributed by atoms with Gasteiger partial charge in [-0.3, -0.25) is 19.3 Å². The van der Waals surface area contributed by atoms with Crippen LogP contribution in [0.2, 0.25) is 0 Å². The molecule has 5 rings (SSSR count). The Morgan fingerprint density at radius 1 is 1.03 bits per heavy atom. The van der Waals surface area contributed by atoms with Crippen molar-refractivity contribution in [2.45, 2.75) is 11.4 Å². The molecule has 0 bridgehead atoms. The van der Waals surface area contributed by atoms with Crippen LogP contribution in [0.5, 0.6) is 0 Å². The maximum Gasteiger partial charge on any atom is 0.267 e. The summed E-state index contributed by atoms with van der Waals surface area (Å²) < 4.78 is 33.3. The van der Waals surface area contributed by atoms with Crippen molar-refractivity contribution in [3.63, 3.8) is 0 Å². The van der Waals surface area contributed by atoms with Gasteiger partial charge in [-0.05, 0) is 48.0 Å². The van der Waals surface area contributed by atoms with E-state index in [1.807, 2.05) is 0 Å². The van der Waals surface area contributed by atoms with E-state index < -0.39 is 10.0 Å². The van der Waals surface area contributed by atoms with Gasteiger partial charge < -0.3 is 14.7 Å². The number of anilines is 1. The van der Waals surface area contributed by atoms with Crippen LogP contribution < -0.4 is 15.5 Å². The molecule has 0 saturated carbocycles. The van der Waals surface area contributed by atoms with Crippen LogP contribution in [0.3, 0.4) is 0 Å². The van der Waals surface area contributed by atoms with Crippen molar-refractivity contribution in [2.24, 2.45) is 0 Å². The molecule has 34 heavy (non-hydrogen) atoms. The molecule has 0 atom stereocenters. The second-order valence-electron chi connectivity index (χ2n) is 7.57. The summed E-state index contributed by atoms with van der Waals surface area (Å²) in [5.74, 6) is -0.282. The Hall–Kier alpha value is -4.44. The molecule has 0 spiro atoms. The van der Waals surface area contributed by atoms with Crippen LogP contribution in [0.4, 0.5) is 5.69 Å². The lowest BCUT2D eigenvalue weighted by Gasteiger charge is -2.13. The maximum atomic E-state index is 12.9. The van der Waals surface area contributed by atoms with E-state index >= 15 is 0 Å². The number of hydrogen-bond donors (Lipinski definition) is 3. The van der Waals surface area contributed by atoms with Crippen LogP contribution in [0.1, 0.15) is 16.1 Å². The van der Waals surface area contributed by atoms with Crippen LogP contribution in [-0.2, 0) is 16.6 Å². The normalized spacial score (nSPS) is 11.5. The average molecular weight is 474 g/mol. The SMILES string of the molecule is O=C(NCc1ccc(S(=O)(=O)Nc2ccc(=O)c3coccc2-3)cc1)c1cc2cnccc2[nH]1. The van der Waals surface area contributed by atoms with E-state index in [0.29, 0.717) is 11.3 Å². The lowest BCUT2D eigenvalue weighted by molar-refractivity contribution is 0.0946. The summed E-state index contributed by atoms with van der Waals surface area (Å²) in [5.41, 5.74) is 2.68. The third-order valence-corrected chi connectivity index (χ3v) is 6.72. The summed E-state index contributed by atoms with van der Waals surface area (Å²) in [6.07, 6.45) is 5.96. The highest BCUT2D eigenvalue weighted by Crippen LogP contribution is 2.28. The fourth-order valence-electron chi connectivity index (χ4n) is 3.58. The molecule has 0 saturated heterocycles. The number of aromatic amines is 1. The average Bonchev–Trinajstić information content (AvgIpc) is 3.29. The molecule has 0 radical (unpaired) electrons. The first-order chi connectivity index (χ1) is 16.4. The molecule has 3 heterocycles. The van der Waals surface area contributed by atoms with Crippen LogP contribution in [0.15, 0.2) is 93.6 Å². The van der Waals surface area contributed by atoms with E-state index in [9.17, 15) is 18.0 Å². The van der Waals surface area contributed by atoms with Crippen molar-refractivity contribution in [1.29, 1.82) is 0 Å². The number of aromatic nitrogens is 2. The zero-order valence-electron chi connectivity index (χ0n) is 17.6. The minimum absolute atomic E-state index is 0.0469. The summed E-state index contributed by atoms with van der Waals surface area (Å²) in [6.45, 7) is 0.222. The molecule has 0 fully saturated rings. The third-order valence-electron chi connectivity index (χ3n) is 5.34. The molecular formula is C24H18N4O5S. The number of H-pyrrole nitrogens is 1. The Morgan fingerprint density at radius 3 is 2.65 bits per heavy atom. The van der Waals surface area contributed by atoms with Gasteiger partial charge in [-0.15, -0.1) is 0 Å². The van der Waals surface area contributed by atoms with Gasteiger partial charge >= 0.3 is 0 Å². The second kappa shape index (κ2) is 8.49. The third kappa shape index (κ3) is 4.14. The zero-order valence-corrected chi connectivity index (χ0v) is 18.4. The number of pyridine rings is 1. The molecular weight excluding hydrogens is 456 g/mol. The number of rotatable bonds is 6. The number of amides is 1. The smallest absolute Gasteiger partial charge is 0.267 e. The molecule has 1 aliphatic heterocycles. The predicted octanol–water partition coefficient (Wildman–Crippen LogP) is 3.35. The van der Waals surface area contributed by atoms with E-state index in [1.165, 1.54) is 42.9 Å². The highest BCUT2D eigenvalue weighted by atomic mass is 32.2. The number of carbonyl (C=O) groups is 1. The van der Waals surface area contributed by atoms with Gasteiger partial charge in [-0.1, -0.05) is 12.1 Å². The Balaban J connectivity index is 1.28. The van der Waals surface area contributed by atoms with E-state index in [1.54, 1.807) is 36.7 Å². The van der Waals surface area contributed by atoms with Gasteiger partial charge in [0.2, 0.25) is 0 Å². The molecule has 0 unspecified atom stereocenters. The molecule has 3 aromatic rings. The van der Waals surface area contributed by atoms with E-state index in [4.69, 9.17) is 4.42 Å². The number of nitrogens with one attached hydrogen (secondary N) is 3. The number of nitrogens with zero attached hydrogens (tertiary/aromatic N) is 1. The van der Waals surface area contributed by atoms with Crippen molar-refractivity contribution in [3.05, 3.63) is 101 Å². The summed E-state index contributed by atoms with van der Waals surface area (Å²) in [6, 6.07) is 13.9. The van der Waals surface area contributed by atoms with Crippen molar-refractivity contribution in [2.75, 3.05) is 4.72 Å². The zero-order chi connectivity index (χ0) is 23.7. The number of benzene rings is 2. The van der Waals surface area contributed by atoms with Crippen LogP contribution in [0.25, 0.3) is 22.0 Å². The van der Waals surface area contributed by atoms with Crippen molar-refractivity contribution >= 4 is 32.5 Å². The predicted molar refractivity (Wildman–Crippen MR) is 126 cm³/mol. The molecule has 1 amide bonds. The number of carbonyl (C=O) groups excluding carboxylic acids is 1. The van der Waals surface area contributed by atoms with Gasteiger partial charge in [-0.2, -0.15) is 0 Å². The number of sulfonamides is 1. The topological polar surface area (TPSA) is 134 Å². The lowest BCUT2D eigenvalue weighted by atomic mass is 10.1. The quantitative estimate of drug-likeness (QED) is 0.346. The number of hydrogen-bond acceptors (Lipinski definition) is 6. The van der Waals surface area contributed by atoms with Crippen LogP contribution in [-0.4, -0.2) is 24.3 Å². The highest BCUT2D eigenvalue weighted by molar-refractivity contribution is 7.92. The first-order valence-electron chi connectivity index (χ1n) is 10.2. The summed E-state index contributed by atoms with van der Waals surface area (Å²) in [5, 5.41) is 3.64. The van der Waals surface area contributed by atoms with E-state index in [0.717, 1.165) is 16.5 Å². The Labute approximate surface area is 193 Å².